The van der Waals surface area contributed by atoms with Gasteiger partial charge in [-0.2, -0.15) is 4.31 Å². The van der Waals surface area contributed by atoms with E-state index < -0.39 is 30.6 Å². The summed E-state index contributed by atoms with van der Waals surface area (Å²) in [7, 11) is -7.53. The number of nitrogens with zero attached hydrogens (tertiary/aromatic N) is 1. The van der Waals surface area contributed by atoms with Crippen molar-refractivity contribution >= 4 is 19.9 Å². The van der Waals surface area contributed by atoms with Gasteiger partial charge in [0.1, 0.15) is 10.7 Å². The first-order valence-corrected chi connectivity index (χ1v) is 9.76. The van der Waals surface area contributed by atoms with Gasteiger partial charge in [-0.25, -0.2) is 21.2 Å². The fraction of sp³-hybridized carbons (Fsp3) is 0.500. The number of rotatable bonds is 3. The van der Waals surface area contributed by atoms with Crippen molar-refractivity contribution in [3.05, 3.63) is 24.0 Å². The van der Waals surface area contributed by atoms with Crippen LogP contribution < -0.4 is 5.32 Å². The molecule has 0 saturated carbocycles. The summed E-state index contributed by atoms with van der Waals surface area (Å²) in [6.45, 7) is 1.92. The lowest BCUT2D eigenvalue weighted by Crippen LogP contribution is -2.34. The Labute approximate surface area is 123 Å². The molecule has 118 valence electrons. The molecule has 1 aromatic rings. The maximum absolute atomic E-state index is 13.8. The third-order valence-corrected chi connectivity index (χ3v) is 6.26. The second-order valence-electron chi connectivity index (χ2n) is 4.87. The lowest BCUT2D eigenvalue weighted by atomic mass is 10.3. The van der Waals surface area contributed by atoms with Crippen molar-refractivity contribution in [3.63, 3.8) is 0 Å². The van der Waals surface area contributed by atoms with Gasteiger partial charge in [0.25, 0.3) is 0 Å². The maximum Gasteiger partial charge on any atom is 0.243 e. The smallest absolute Gasteiger partial charge is 0.243 e. The Morgan fingerprint density at radius 2 is 1.86 bits per heavy atom. The van der Waals surface area contributed by atoms with E-state index in [4.69, 9.17) is 0 Å². The summed E-state index contributed by atoms with van der Waals surface area (Å²) in [5.41, 5.74) is 0. The maximum atomic E-state index is 13.8. The number of sulfone groups is 1. The van der Waals surface area contributed by atoms with E-state index in [1.807, 2.05) is 0 Å². The van der Waals surface area contributed by atoms with Crippen LogP contribution in [0.2, 0.25) is 0 Å². The number of benzene rings is 1. The molecule has 1 aromatic carbocycles. The summed E-state index contributed by atoms with van der Waals surface area (Å²) in [6, 6.07) is 2.89. The lowest BCUT2D eigenvalue weighted by molar-refractivity contribution is 0.431. The van der Waals surface area contributed by atoms with Gasteiger partial charge in [-0.15, -0.1) is 0 Å². The third-order valence-electron chi connectivity index (χ3n) is 3.24. The van der Waals surface area contributed by atoms with Crippen molar-refractivity contribution in [2.75, 3.05) is 32.4 Å². The van der Waals surface area contributed by atoms with Crippen LogP contribution in [-0.4, -0.2) is 53.6 Å². The van der Waals surface area contributed by atoms with Crippen LogP contribution in [0.4, 0.5) is 4.39 Å². The largest absolute Gasteiger partial charge is 0.315 e. The Morgan fingerprint density at radius 3 is 2.48 bits per heavy atom. The number of hydrogen-bond donors (Lipinski definition) is 1. The minimum Gasteiger partial charge on any atom is -0.315 e. The molecule has 0 aliphatic carbocycles. The Balaban J connectivity index is 2.39. The number of nitrogens with one attached hydrogen (secondary N) is 1. The molecule has 0 amide bonds. The van der Waals surface area contributed by atoms with E-state index in [0.717, 1.165) is 31.0 Å². The first-order chi connectivity index (χ1) is 9.73. The molecule has 21 heavy (non-hydrogen) atoms. The molecule has 0 aromatic heterocycles. The fourth-order valence-corrected chi connectivity index (χ4v) is 4.37. The van der Waals surface area contributed by atoms with Crippen LogP contribution in [0.15, 0.2) is 28.0 Å². The molecule has 6 nitrogen and oxygen atoms in total. The SMILES string of the molecule is CS(=O)(=O)c1ccc(S(=O)(=O)N2CCCNCC2)cc1F. The predicted molar refractivity (Wildman–Crippen MR) is 75.8 cm³/mol. The van der Waals surface area contributed by atoms with Crippen LogP contribution in [0.25, 0.3) is 0 Å². The van der Waals surface area contributed by atoms with Crippen molar-refractivity contribution in [3.8, 4) is 0 Å². The first-order valence-electron chi connectivity index (χ1n) is 6.43. The van der Waals surface area contributed by atoms with Crippen LogP contribution >= 0.6 is 0 Å². The van der Waals surface area contributed by atoms with E-state index in [2.05, 4.69) is 5.32 Å². The van der Waals surface area contributed by atoms with E-state index in [0.29, 0.717) is 26.1 Å². The highest BCUT2D eigenvalue weighted by atomic mass is 32.2. The highest BCUT2D eigenvalue weighted by Gasteiger charge is 2.26. The van der Waals surface area contributed by atoms with Gasteiger partial charge in [0, 0.05) is 25.9 Å². The van der Waals surface area contributed by atoms with Crippen molar-refractivity contribution in [2.24, 2.45) is 0 Å². The summed E-state index contributed by atoms with van der Waals surface area (Å²) < 4.78 is 62.7. The Hall–Kier alpha value is -1.03. The average molecular weight is 336 g/mol. The van der Waals surface area contributed by atoms with Gasteiger partial charge >= 0.3 is 0 Å². The van der Waals surface area contributed by atoms with Crippen molar-refractivity contribution in [1.29, 1.82) is 0 Å². The predicted octanol–water partition coefficient (Wildman–Crippen LogP) is 0.213. The second-order valence-corrected chi connectivity index (χ2v) is 8.79. The topological polar surface area (TPSA) is 83.5 Å². The van der Waals surface area contributed by atoms with Crippen LogP contribution in [0.5, 0.6) is 0 Å². The molecule has 1 heterocycles. The number of hydrogen-bond acceptors (Lipinski definition) is 5. The van der Waals surface area contributed by atoms with Crippen molar-refractivity contribution in [1.82, 2.24) is 9.62 Å². The molecule has 1 fully saturated rings. The molecule has 0 radical (unpaired) electrons. The minimum atomic E-state index is -3.81. The Morgan fingerprint density at radius 1 is 1.14 bits per heavy atom. The second kappa shape index (κ2) is 5.99. The Kier molecular flexibility index (Phi) is 4.66. The number of sulfonamides is 1. The van der Waals surface area contributed by atoms with Gasteiger partial charge in [-0.3, -0.25) is 0 Å². The molecular weight excluding hydrogens is 319 g/mol. The van der Waals surface area contributed by atoms with E-state index in [1.54, 1.807) is 0 Å². The summed E-state index contributed by atoms with van der Waals surface area (Å²) >= 11 is 0. The highest BCUT2D eigenvalue weighted by molar-refractivity contribution is 7.90. The zero-order valence-electron chi connectivity index (χ0n) is 11.5. The molecule has 1 saturated heterocycles. The number of halogens is 1. The molecule has 0 bridgehead atoms. The molecule has 0 atom stereocenters. The Bertz CT molecular complexity index is 724. The van der Waals surface area contributed by atoms with E-state index >= 15 is 0 Å². The molecule has 2 rings (SSSR count). The molecule has 1 aliphatic rings. The summed E-state index contributed by atoms with van der Waals surface area (Å²) in [5, 5.41) is 3.08. The van der Waals surface area contributed by atoms with Gasteiger partial charge in [0.2, 0.25) is 10.0 Å². The van der Waals surface area contributed by atoms with Gasteiger partial charge in [0.05, 0.1) is 4.90 Å². The first kappa shape index (κ1) is 16.3. The molecular formula is C12H17FN2O4S2. The summed E-state index contributed by atoms with van der Waals surface area (Å²) in [5.74, 6) is -1.05. The lowest BCUT2D eigenvalue weighted by Gasteiger charge is -2.19. The van der Waals surface area contributed by atoms with Gasteiger partial charge in [-0.1, -0.05) is 0 Å². The monoisotopic (exact) mass is 336 g/mol. The summed E-state index contributed by atoms with van der Waals surface area (Å²) in [4.78, 5) is -0.728. The van der Waals surface area contributed by atoms with E-state index in [-0.39, 0.29) is 4.90 Å². The highest BCUT2D eigenvalue weighted by Crippen LogP contribution is 2.22. The quantitative estimate of drug-likeness (QED) is 0.853. The fourth-order valence-electron chi connectivity index (χ4n) is 2.15. The van der Waals surface area contributed by atoms with Gasteiger partial charge in [0.15, 0.2) is 9.84 Å². The van der Waals surface area contributed by atoms with Crippen molar-refractivity contribution in [2.45, 2.75) is 16.2 Å². The molecule has 1 aliphatic heterocycles. The standard InChI is InChI=1S/C12H17FN2O4S2/c1-20(16,17)12-4-3-10(9-11(12)13)21(18,19)15-7-2-5-14-6-8-15/h3-4,9,14H,2,5-8H2,1H3. The normalized spacial score (nSPS) is 18.4. The minimum absolute atomic E-state index is 0.227. The zero-order chi connectivity index (χ0) is 15.7. The van der Waals surface area contributed by atoms with Crippen LogP contribution in [0, 0.1) is 5.82 Å². The molecule has 0 unspecified atom stereocenters. The van der Waals surface area contributed by atoms with Crippen LogP contribution in [-0.2, 0) is 19.9 Å². The summed E-state index contributed by atoms with van der Waals surface area (Å²) in [6.07, 6.45) is 1.54. The molecule has 1 N–H and O–H groups in total. The van der Waals surface area contributed by atoms with Gasteiger partial charge < -0.3 is 5.32 Å². The zero-order valence-corrected chi connectivity index (χ0v) is 13.2. The third kappa shape index (κ3) is 3.60. The van der Waals surface area contributed by atoms with Gasteiger partial charge in [-0.05, 0) is 31.2 Å². The van der Waals surface area contributed by atoms with E-state index in [1.165, 1.54) is 4.31 Å². The average Bonchev–Trinajstić information content (AvgIpc) is 2.66. The van der Waals surface area contributed by atoms with Crippen LogP contribution in [0.1, 0.15) is 6.42 Å². The van der Waals surface area contributed by atoms with Crippen molar-refractivity contribution < 1.29 is 21.2 Å². The molecule has 9 heteroatoms. The molecule has 0 spiro atoms. The van der Waals surface area contributed by atoms with Crippen LogP contribution in [0.3, 0.4) is 0 Å². The van der Waals surface area contributed by atoms with E-state index in [9.17, 15) is 21.2 Å².